The summed E-state index contributed by atoms with van der Waals surface area (Å²) in [6.07, 6.45) is 0. The number of fused-ring (bicyclic) bond motifs is 1. The Morgan fingerprint density at radius 3 is 2.39 bits per heavy atom. The third kappa shape index (κ3) is 4.23. The van der Waals surface area contributed by atoms with Crippen LogP contribution in [0.2, 0.25) is 0 Å². The van der Waals surface area contributed by atoms with E-state index >= 15 is 0 Å². The first kappa shape index (κ1) is 20.6. The van der Waals surface area contributed by atoms with Gasteiger partial charge in [0.05, 0.1) is 17.6 Å². The van der Waals surface area contributed by atoms with Gasteiger partial charge in [-0.05, 0) is 35.4 Å². The van der Waals surface area contributed by atoms with Crippen LogP contribution in [0.1, 0.15) is 11.1 Å². The Kier molecular flexibility index (Phi) is 5.40. The van der Waals surface area contributed by atoms with E-state index in [2.05, 4.69) is 20.4 Å². The summed E-state index contributed by atoms with van der Waals surface area (Å²) in [5, 5.41) is 8.14. The molecule has 0 amide bonds. The maximum absolute atomic E-state index is 14.7. The number of nitrogens with one attached hydrogen (secondary N) is 1. The number of hydrogen-bond donors (Lipinski definition) is 2. The van der Waals surface area contributed by atoms with Gasteiger partial charge < -0.3 is 11.1 Å². The predicted octanol–water partition coefficient (Wildman–Crippen LogP) is 5.01. The number of benzene rings is 3. The molecule has 0 fully saturated rings. The second kappa shape index (κ2) is 8.66. The van der Waals surface area contributed by atoms with Gasteiger partial charge in [-0.25, -0.2) is 18.4 Å². The normalized spacial score (nSPS) is 11.1. The highest BCUT2D eigenvalue weighted by Gasteiger charge is 2.20. The van der Waals surface area contributed by atoms with Gasteiger partial charge in [-0.15, -0.1) is 5.10 Å². The lowest BCUT2D eigenvalue weighted by molar-refractivity contribution is 0.625. The summed E-state index contributed by atoms with van der Waals surface area (Å²) < 4.78 is 29.9. The molecule has 0 saturated carbocycles. The first-order valence-corrected chi connectivity index (χ1v) is 10.4. The molecule has 0 spiro atoms. The average Bonchev–Trinajstić information content (AvgIpc) is 3.13. The predicted molar refractivity (Wildman–Crippen MR) is 124 cm³/mol. The lowest BCUT2D eigenvalue weighted by Crippen LogP contribution is -2.06. The molecule has 5 rings (SSSR count). The Bertz CT molecular complexity index is 1430. The van der Waals surface area contributed by atoms with Crippen molar-refractivity contribution in [1.82, 2.24) is 19.7 Å². The number of nitrogen functional groups attached to an aromatic ring is 1. The van der Waals surface area contributed by atoms with Crippen LogP contribution in [0, 0.1) is 11.6 Å². The molecule has 0 aliphatic rings. The minimum Gasteiger partial charge on any atom is -0.383 e. The van der Waals surface area contributed by atoms with Crippen molar-refractivity contribution in [2.45, 2.75) is 13.1 Å². The zero-order chi connectivity index (χ0) is 22.8. The molecule has 8 heteroatoms. The molecule has 164 valence electrons. The van der Waals surface area contributed by atoms with Crippen LogP contribution >= 0.6 is 0 Å². The van der Waals surface area contributed by atoms with Gasteiger partial charge in [0, 0.05) is 12.1 Å². The lowest BCUT2D eigenvalue weighted by Gasteiger charge is -2.09. The highest BCUT2D eigenvalue weighted by atomic mass is 19.1. The standard InChI is InChI=1S/C25H20F2N6/c26-18-10-6-9-17(13-18)14-29-25-30-22(19-11-4-5-12-20(19)27)21-23(28)33(32-24(21)31-25)15-16-7-2-1-3-8-16/h1-13H,14-15,28H2,(H,29,31,32). The summed E-state index contributed by atoms with van der Waals surface area (Å²) in [5.74, 6) is -0.160. The third-order valence-corrected chi connectivity index (χ3v) is 5.28. The molecule has 5 aromatic rings. The molecule has 0 aliphatic carbocycles. The minimum absolute atomic E-state index is 0.245. The monoisotopic (exact) mass is 442 g/mol. The molecule has 0 unspecified atom stereocenters. The first-order chi connectivity index (χ1) is 16.1. The second-order valence-corrected chi connectivity index (χ2v) is 7.59. The number of nitrogens with two attached hydrogens (primary N) is 1. The van der Waals surface area contributed by atoms with Crippen molar-refractivity contribution >= 4 is 22.8 Å². The number of aromatic nitrogens is 4. The summed E-state index contributed by atoms with van der Waals surface area (Å²) in [7, 11) is 0. The zero-order valence-electron chi connectivity index (χ0n) is 17.5. The fraction of sp³-hybridized carbons (Fsp3) is 0.0800. The van der Waals surface area contributed by atoms with Crippen LogP contribution in [0.15, 0.2) is 78.9 Å². The summed E-state index contributed by atoms with van der Waals surface area (Å²) in [6.45, 7) is 0.728. The summed E-state index contributed by atoms with van der Waals surface area (Å²) in [6, 6.07) is 22.3. The van der Waals surface area contributed by atoms with Gasteiger partial charge in [0.1, 0.15) is 17.5 Å². The van der Waals surface area contributed by atoms with Gasteiger partial charge in [-0.3, -0.25) is 0 Å². The summed E-state index contributed by atoms with van der Waals surface area (Å²) >= 11 is 0. The fourth-order valence-corrected chi connectivity index (χ4v) is 3.69. The molecule has 3 N–H and O–H groups in total. The van der Waals surface area contributed by atoms with Crippen molar-refractivity contribution in [3.8, 4) is 11.3 Å². The topological polar surface area (TPSA) is 81.7 Å². The second-order valence-electron chi connectivity index (χ2n) is 7.59. The summed E-state index contributed by atoms with van der Waals surface area (Å²) in [5.41, 5.74) is 9.17. The van der Waals surface area contributed by atoms with Crippen LogP contribution in [-0.4, -0.2) is 19.7 Å². The molecule has 6 nitrogen and oxygen atoms in total. The van der Waals surface area contributed by atoms with Crippen LogP contribution in [0.3, 0.4) is 0 Å². The van der Waals surface area contributed by atoms with Gasteiger partial charge in [-0.2, -0.15) is 4.98 Å². The molecule has 0 radical (unpaired) electrons. The van der Waals surface area contributed by atoms with E-state index in [-0.39, 0.29) is 11.8 Å². The molecule has 0 atom stereocenters. The van der Waals surface area contributed by atoms with Crippen LogP contribution < -0.4 is 11.1 Å². The molecule has 3 aromatic carbocycles. The Morgan fingerprint density at radius 1 is 0.848 bits per heavy atom. The van der Waals surface area contributed by atoms with Crippen molar-refractivity contribution in [1.29, 1.82) is 0 Å². The lowest BCUT2D eigenvalue weighted by atomic mass is 10.1. The number of hydrogen-bond acceptors (Lipinski definition) is 5. The highest BCUT2D eigenvalue weighted by molar-refractivity contribution is 5.99. The molecule has 0 saturated heterocycles. The third-order valence-electron chi connectivity index (χ3n) is 5.28. The molecule has 0 aliphatic heterocycles. The molecule has 0 bridgehead atoms. The smallest absolute Gasteiger partial charge is 0.225 e. The van der Waals surface area contributed by atoms with E-state index in [1.807, 2.05) is 30.3 Å². The maximum atomic E-state index is 14.7. The van der Waals surface area contributed by atoms with Gasteiger partial charge in [0.2, 0.25) is 5.95 Å². The van der Waals surface area contributed by atoms with Crippen LogP contribution in [0.5, 0.6) is 0 Å². The Morgan fingerprint density at radius 2 is 1.61 bits per heavy atom. The Hall–Kier alpha value is -4.33. The van der Waals surface area contributed by atoms with Crippen molar-refractivity contribution < 1.29 is 8.78 Å². The van der Waals surface area contributed by atoms with Crippen LogP contribution in [0.4, 0.5) is 20.5 Å². The van der Waals surface area contributed by atoms with Crippen LogP contribution in [-0.2, 0) is 13.1 Å². The average molecular weight is 442 g/mol. The van der Waals surface area contributed by atoms with Crippen molar-refractivity contribution in [3.63, 3.8) is 0 Å². The summed E-state index contributed by atoms with van der Waals surface area (Å²) in [4.78, 5) is 9.06. The van der Waals surface area contributed by atoms with Gasteiger partial charge in [-0.1, -0.05) is 54.6 Å². The van der Waals surface area contributed by atoms with Crippen molar-refractivity contribution in [2.24, 2.45) is 0 Å². The van der Waals surface area contributed by atoms with E-state index < -0.39 is 5.82 Å². The quantitative estimate of drug-likeness (QED) is 0.386. The van der Waals surface area contributed by atoms with E-state index in [1.54, 1.807) is 35.0 Å². The molecule has 2 aromatic heterocycles. The van der Waals surface area contributed by atoms with Crippen molar-refractivity contribution in [3.05, 3.63) is 102 Å². The van der Waals surface area contributed by atoms with Crippen molar-refractivity contribution in [2.75, 3.05) is 11.1 Å². The van der Waals surface area contributed by atoms with Crippen LogP contribution in [0.25, 0.3) is 22.3 Å². The first-order valence-electron chi connectivity index (χ1n) is 10.4. The molecular weight excluding hydrogens is 422 g/mol. The Balaban J connectivity index is 1.59. The Labute approximate surface area is 188 Å². The van der Waals surface area contributed by atoms with E-state index in [0.29, 0.717) is 41.2 Å². The number of nitrogens with zero attached hydrogens (tertiary/aromatic N) is 4. The zero-order valence-corrected chi connectivity index (χ0v) is 17.5. The highest BCUT2D eigenvalue weighted by Crippen LogP contribution is 2.33. The van der Waals surface area contributed by atoms with E-state index in [0.717, 1.165) is 11.1 Å². The number of anilines is 2. The minimum atomic E-state index is -0.427. The van der Waals surface area contributed by atoms with Gasteiger partial charge in [0.25, 0.3) is 0 Å². The van der Waals surface area contributed by atoms with E-state index in [9.17, 15) is 8.78 Å². The van der Waals surface area contributed by atoms with Gasteiger partial charge >= 0.3 is 0 Å². The number of halogens is 2. The SMILES string of the molecule is Nc1c2c(-c3ccccc3F)nc(NCc3cccc(F)c3)nc2nn1Cc1ccccc1. The van der Waals surface area contributed by atoms with E-state index in [4.69, 9.17) is 5.73 Å². The number of rotatable bonds is 6. The molecule has 33 heavy (non-hydrogen) atoms. The molecular formula is C25H20F2N6. The van der Waals surface area contributed by atoms with Gasteiger partial charge in [0.15, 0.2) is 5.65 Å². The maximum Gasteiger partial charge on any atom is 0.225 e. The molecule has 2 heterocycles. The largest absolute Gasteiger partial charge is 0.383 e. The fourth-order valence-electron chi connectivity index (χ4n) is 3.69. The van der Waals surface area contributed by atoms with E-state index in [1.165, 1.54) is 18.2 Å².